The van der Waals surface area contributed by atoms with Gasteiger partial charge in [0.1, 0.15) is 11.6 Å². The number of nitrogens with zero attached hydrogens (tertiary/aromatic N) is 1. The smallest absolute Gasteiger partial charge is 0.360 e. The second-order valence-electron chi connectivity index (χ2n) is 5.61. The highest BCUT2D eigenvalue weighted by Gasteiger charge is 2.30. The standard InChI is InChI=1S/C19H15F3N4O2/c1-12(27)25-15-5-7-16(8-6-15)26-18(28)13(10-23)11-24-17-4-2-3-14(9-17)19(20,21)22/h2-9,11,24H,1H3,(H,25,27)(H,26,28)/b13-11-. The molecular formula is C19H15F3N4O2. The van der Waals surface area contributed by atoms with Gasteiger partial charge in [0.15, 0.2) is 0 Å². The molecule has 0 atom stereocenters. The zero-order valence-corrected chi connectivity index (χ0v) is 14.6. The molecule has 0 saturated heterocycles. The number of hydrogen-bond donors (Lipinski definition) is 3. The van der Waals surface area contributed by atoms with Crippen molar-refractivity contribution in [3.8, 4) is 6.07 Å². The number of rotatable bonds is 5. The van der Waals surface area contributed by atoms with E-state index in [0.717, 1.165) is 18.3 Å². The van der Waals surface area contributed by atoms with Crippen molar-refractivity contribution in [3.63, 3.8) is 0 Å². The molecule has 6 nitrogen and oxygen atoms in total. The molecule has 0 aliphatic heterocycles. The van der Waals surface area contributed by atoms with E-state index in [4.69, 9.17) is 5.26 Å². The molecule has 0 fully saturated rings. The number of nitriles is 1. The van der Waals surface area contributed by atoms with Crippen molar-refractivity contribution in [2.24, 2.45) is 0 Å². The minimum atomic E-state index is -4.50. The van der Waals surface area contributed by atoms with Crippen LogP contribution in [0.5, 0.6) is 0 Å². The quantitative estimate of drug-likeness (QED) is 0.530. The van der Waals surface area contributed by atoms with Crippen molar-refractivity contribution in [1.82, 2.24) is 0 Å². The maximum absolute atomic E-state index is 12.7. The fraction of sp³-hybridized carbons (Fsp3) is 0.105. The Morgan fingerprint density at radius 3 is 2.14 bits per heavy atom. The topological polar surface area (TPSA) is 94.0 Å². The van der Waals surface area contributed by atoms with Crippen molar-refractivity contribution in [2.75, 3.05) is 16.0 Å². The normalized spacial score (nSPS) is 11.3. The number of benzene rings is 2. The second kappa shape index (κ2) is 8.73. The van der Waals surface area contributed by atoms with E-state index in [1.54, 1.807) is 18.2 Å². The van der Waals surface area contributed by atoms with Crippen LogP contribution in [-0.4, -0.2) is 11.8 Å². The molecule has 0 radical (unpaired) electrons. The van der Waals surface area contributed by atoms with E-state index in [1.807, 2.05) is 0 Å². The predicted molar refractivity (Wildman–Crippen MR) is 98.1 cm³/mol. The molecule has 0 spiro atoms. The van der Waals surface area contributed by atoms with Gasteiger partial charge in [-0.05, 0) is 42.5 Å². The van der Waals surface area contributed by atoms with Crippen molar-refractivity contribution in [1.29, 1.82) is 5.26 Å². The molecule has 0 aliphatic carbocycles. The molecule has 0 heterocycles. The molecule has 144 valence electrons. The third-order valence-corrected chi connectivity index (χ3v) is 3.40. The summed E-state index contributed by atoms with van der Waals surface area (Å²) in [6.45, 7) is 1.36. The van der Waals surface area contributed by atoms with E-state index < -0.39 is 17.6 Å². The Balaban J connectivity index is 2.07. The average molecular weight is 388 g/mol. The first-order valence-corrected chi connectivity index (χ1v) is 7.92. The monoisotopic (exact) mass is 388 g/mol. The molecule has 2 amide bonds. The van der Waals surface area contributed by atoms with E-state index in [2.05, 4.69) is 16.0 Å². The van der Waals surface area contributed by atoms with Crippen LogP contribution in [0.2, 0.25) is 0 Å². The summed E-state index contributed by atoms with van der Waals surface area (Å²) < 4.78 is 38.2. The Labute approximate surface area is 158 Å². The molecule has 9 heteroatoms. The van der Waals surface area contributed by atoms with Crippen LogP contribution >= 0.6 is 0 Å². The van der Waals surface area contributed by atoms with Crippen LogP contribution in [0.1, 0.15) is 12.5 Å². The van der Waals surface area contributed by atoms with Gasteiger partial charge in [0.05, 0.1) is 5.56 Å². The molecule has 28 heavy (non-hydrogen) atoms. The van der Waals surface area contributed by atoms with Gasteiger partial charge >= 0.3 is 6.18 Å². The van der Waals surface area contributed by atoms with Gasteiger partial charge in [-0.3, -0.25) is 9.59 Å². The summed E-state index contributed by atoms with van der Waals surface area (Å²) in [5, 5.41) is 16.7. The zero-order chi connectivity index (χ0) is 20.7. The number of hydrogen-bond acceptors (Lipinski definition) is 4. The molecule has 2 aromatic carbocycles. The third kappa shape index (κ3) is 5.88. The van der Waals surface area contributed by atoms with Crippen LogP contribution in [0.4, 0.5) is 30.2 Å². The third-order valence-electron chi connectivity index (χ3n) is 3.40. The number of halogens is 3. The van der Waals surface area contributed by atoms with Crippen molar-refractivity contribution < 1.29 is 22.8 Å². The van der Waals surface area contributed by atoms with Gasteiger partial charge in [-0.15, -0.1) is 0 Å². The molecule has 3 N–H and O–H groups in total. The van der Waals surface area contributed by atoms with Gasteiger partial charge in [-0.2, -0.15) is 18.4 Å². The van der Waals surface area contributed by atoms with E-state index in [-0.39, 0.29) is 17.2 Å². The largest absolute Gasteiger partial charge is 0.416 e. The number of carbonyl (C=O) groups is 2. The minimum absolute atomic E-state index is 0.0787. The van der Waals surface area contributed by atoms with Crippen LogP contribution < -0.4 is 16.0 Å². The number of anilines is 3. The Bertz CT molecular complexity index is 945. The van der Waals surface area contributed by atoms with Gasteiger partial charge < -0.3 is 16.0 Å². The SMILES string of the molecule is CC(=O)Nc1ccc(NC(=O)/C(C#N)=C\Nc2cccc(C(F)(F)F)c2)cc1. The summed E-state index contributed by atoms with van der Waals surface area (Å²) >= 11 is 0. The van der Waals surface area contributed by atoms with Crippen LogP contribution in [0, 0.1) is 11.3 Å². The van der Waals surface area contributed by atoms with Crippen molar-refractivity contribution in [2.45, 2.75) is 13.1 Å². The Hall–Kier alpha value is -3.80. The molecule has 0 aliphatic rings. The van der Waals surface area contributed by atoms with Gasteiger partial charge in [-0.1, -0.05) is 6.07 Å². The maximum atomic E-state index is 12.7. The Morgan fingerprint density at radius 2 is 1.61 bits per heavy atom. The molecule has 0 aromatic heterocycles. The van der Waals surface area contributed by atoms with Crippen LogP contribution in [0.3, 0.4) is 0 Å². The lowest BCUT2D eigenvalue weighted by atomic mass is 10.2. The van der Waals surface area contributed by atoms with E-state index in [1.165, 1.54) is 31.2 Å². The first-order valence-electron chi connectivity index (χ1n) is 7.92. The van der Waals surface area contributed by atoms with E-state index >= 15 is 0 Å². The summed E-state index contributed by atoms with van der Waals surface area (Å²) in [5.41, 5.74) is -0.196. The van der Waals surface area contributed by atoms with Crippen molar-refractivity contribution >= 4 is 28.9 Å². The number of carbonyl (C=O) groups excluding carboxylic acids is 2. The summed E-state index contributed by atoms with van der Waals surface area (Å²) in [4.78, 5) is 23.1. The number of alkyl halides is 3. The van der Waals surface area contributed by atoms with Gasteiger partial charge in [0.2, 0.25) is 5.91 Å². The van der Waals surface area contributed by atoms with Gasteiger partial charge in [0, 0.05) is 30.2 Å². The highest BCUT2D eigenvalue weighted by Crippen LogP contribution is 2.30. The average Bonchev–Trinajstić information content (AvgIpc) is 2.63. The van der Waals surface area contributed by atoms with Gasteiger partial charge in [-0.25, -0.2) is 0 Å². The van der Waals surface area contributed by atoms with Crippen LogP contribution in [0.25, 0.3) is 0 Å². The first-order chi connectivity index (χ1) is 13.2. The molecule has 0 bridgehead atoms. The summed E-state index contributed by atoms with van der Waals surface area (Å²) in [6, 6.07) is 12.2. The summed E-state index contributed by atoms with van der Waals surface area (Å²) in [5.74, 6) is -0.985. The molecule has 0 saturated carbocycles. The van der Waals surface area contributed by atoms with Crippen LogP contribution in [-0.2, 0) is 15.8 Å². The fourth-order valence-corrected chi connectivity index (χ4v) is 2.13. The predicted octanol–water partition coefficient (Wildman–Crippen LogP) is 4.12. The summed E-state index contributed by atoms with van der Waals surface area (Å²) in [6.07, 6.45) is -3.48. The fourth-order valence-electron chi connectivity index (χ4n) is 2.13. The first kappa shape index (κ1) is 20.5. The molecule has 0 unspecified atom stereocenters. The minimum Gasteiger partial charge on any atom is -0.360 e. The molecule has 2 rings (SSSR count). The van der Waals surface area contributed by atoms with Gasteiger partial charge in [0.25, 0.3) is 5.91 Å². The van der Waals surface area contributed by atoms with Crippen LogP contribution in [0.15, 0.2) is 60.3 Å². The summed E-state index contributed by atoms with van der Waals surface area (Å²) in [7, 11) is 0. The lowest BCUT2D eigenvalue weighted by Crippen LogP contribution is -2.14. The highest BCUT2D eigenvalue weighted by molar-refractivity contribution is 6.06. The molecular weight excluding hydrogens is 373 g/mol. The lowest BCUT2D eigenvalue weighted by molar-refractivity contribution is -0.137. The van der Waals surface area contributed by atoms with E-state index in [0.29, 0.717) is 11.4 Å². The number of amides is 2. The van der Waals surface area contributed by atoms with E-state index in [9.17, 15) is 22.8 Å². The van der Waals surface area contributed by atoms with Crippen molar-refractivity contribution in [3.05, 3.63) is 65.9 Å². The zero-order valence-electron chi connectivity index (χ0n) is 14.6. The second-order valence-corrected chi connectivity index (χ2v) is 5.61. The Morgan fingerprint density at radius 1 is 1.00 bits per heavy atom. The Kier molecular flexibility index (Phi) is 6.39. The molecule has 2 aromatic rings. The lowest BCUT2D eigenvalue weighted by Gasteiger charge is -2.09. The maximum Gasteiger partial charge on any atom is 0.416 e. The number of nitrogens with one attached hydrogen (secondary N) is 3. The highest BCUT2D eigenvalue weighted by atomic mass is 19.4.